The molecule has 1 aliphatic carbocycles. The minimum atomic E-state index is -0.459. The highest BCUT2D eigenvalue weighted by Crippen LogP contribution is 2.34. The van der Waals surface area contributed by atoms with Crippen molar-refractivity contribution in [3.05, 3.63) is 29.8 Å². The summed E-state index contributed by atoms with van der Waals surface area (Å²) in [5.74, 6) is 1.51. The SMILES string of the molecule is COCCOc1ccccc1C(O)CSC1CCCC1. The molecule has 1 aromatic carbocycles. The Kier molecular flexibility index (Phi) is 6.70. The maximum absolute atomic E-state index is 10.4. The molecule has 2 rings (SSSR count). The van der Waals surface area contributed by atoms with Crippen LogP contribution in [-0.2, 0) is 4.74 Å². The lowest BCUT2D eigenvalue weighted by molar-refractivity contribution is 0.141. The first-order valence-corrected chi connectivity index (χ1v) is 8.36. The molecule has 112 valence electrons. The molecule has 0 aromatic heterocycles. The van der Waals surface area contributed by atoms with E-state index in [1.165, 1.54) is 25.7 Å². The number of aliphatic hydroxyl groups is 1. The summed E-state index contributed by atoms with van der Waals surface area (Å²) in [6.45, 7) is 1.07. The average Bonchev–Trinajstić information content (AvgIpc) is 2.99. The van der Waals surface area contributed by atoms with Gasteiger partial charge in [-0.2, -0.15) is 11.8 Å². The lowest BCUT2D eigenvalue weighted by Gasteiger charge is -2.17. The van der Waals surface area contributed by atoms with Crippen molar-refractivity contribution in [1.29, 1.82) is 0 Å². The summed E-state index contributed by atoms with van der Waals surface area (Å²) < 4.78 is 10.7. The third-order valence-corrected chi connectivity index (χ3v) is 5.07. The zero-order valence-electron chi connectivity index (χ0n) is 12.1. The Bertz CT molecular complexity index is 391. The minimum Gasteiger partial charge on any atom is -0.491 e. The van der Waals surface area contributed by atoms with Crippen LogP contribution >= 0.6 is 11.8 Å². The highest BCUT2D eigenvalue weighted by molar-refractivity contribution is 7.99. The maximum atomic E-state index is 10.4. The van der Waals surface area contributed by atoms with E-state index in [1.54, 1.807) is 7.11 Å². The smallest absolute Gasteiger partial charge is 0.125 e. The normalized spacial score (nSPS) is 17.3. The number of aliphatic hydroxyl groups excluding tert-OH is 1. The Morgan fingerprint density at radius 3 is 2.75 bits per heavy atom. The second-order valence-electron chi connectivity index (χ2n) is 5.13. The van der Waals surface area contributed by atoms with Crippen molar-refractivity contribution in [1.82, 2.24) is 0 Å². The Balaban J connectivity index is 1.88. The molecule has 0 heterocycles. The first kappa shape index (κ1) is 15.7. The van der Waals surface area contributed by atoms with Crippen molar-refractivity contribution in [2.24, 2.45) is 0 Å². The van der Waals surface area contributed by atoms with Gasteiger partial charge in [0, 0.05) is 23.7 Å². The fraction of sp³-hybridized carbons (Fsp3) is 0.625. The Hall–Kier alpha value is -0.710. The second kappa shape index (κ2) is 8.55. The zero-order chi connectivity index (χ0) is 14.2. The molecule has 1 aliphatic rings. The van der Waals surface area contributed by atoms with Crippen molar-refractivity contribution >= 4 is 11.8 Å². The van der Waals surface area contributed by atoms with Crippen molar-refractivity contribution in [3.63, 3.8) is 0 Å². The first-order valence-electron chi connectivity index (χ1n) is 7.31. The molecule has 0 spiro atoms. The summed E-state index contributed by atoms with van der Waals surface area (Å²) in [6.07, 6.45) is 4.81. The predicted molar refractivity (Wildman–Crippen MR) is 83.5 cm³/mol. The highest BCUT2D eigenvalue weighted by Gasteiger charge is 2.19. The van der Waals surface area contributed by atoms with E-state index in [0.717, 1.165) is 22.3 Å². The van der Waals surface area contributed by atoms with E-state index >= 15 is 0 Å². The van der Waals surface area contributed by atoms with Crippen LogP contribution in [0.2, 0.25) is 0 Å². The van der Waals surface area contributed by atoms with Crippen molar-refractivity contribution < 1.29 is 14.6 Å². The molecular weight excluding hydrogens is 272 g/mol. The highest BCUT2D eigenvalue weighted by atomic mass is 32.2. The summed E-state index contributed by atoms with van der Waals surface area (Å²) in [4.78, 5) is 0. The van der Waals surface area contributed by atoms with Gasteiger partial charge in [0.05, 0.1) is 12.7 Å². The summed E-state index contributed by atoms with van der Waals surface area (Å²) in [5, 5.41) is 11.1. The van der Waals surface area contributed by atoms with Crippen LogP contribution < -0.4 is 4.74 Å². The van der Waals surface area contributed by atoms with Gasteiger partial charge in [-0.05, 0) is 18.9 Å². The van der Waals surface area contributed by atoms with E-state index in [0.29, 0.717) is 13.2 Å². The second-order valence-corrected chi connectivity index (χ2v) is 6.47. The number of rotatable bonds is 8. The fourth-order valence-electron chi connectivity index (χ4n) is 2.49. The number of thioether (sulfide) groups is 1. The molecule has 1 atom stereocenters. The lowest BCUT2D eigenvalue weighted by atomic mass is 10.1. The summed E-state index contributed by atoms with van der Waals surface area (Å²) in [6, 6.07) is 7.74. The van der Waals surface area contributed by atoms with Gasteiger partial charge in [0.15, 0.2) is 0 Å². The molecule has 1 N–H and O–H groups in total. The average molecular weight is 296 g/mol. The first-order chi connectivity index (χ1) is 9.81. The molecule has 3 nitrogen and oxygen atoms in total. The summed E-state index contributed by atoms with van der Waals surface area (Å²) in [7, 11) is 1.66. The van der Waals surface area contributed by atoms with E-state index in [4.69, 9.17) is 9.47 Å². The van der Waals surface area contributed by atoms with Gasteiger partial charge < -0.3 is 14.6 Å². The van der Waals surface area contributed by atoms with Crippen LogP contribution in [0.3, 0.4) is 0 Å². The van der Waals surface area contributed by atoms with Gasteiger partial charge in [0.25, 0.3) is 0 Å². The monoisotopic (exact) mass is 296 g/mol. The molecule has 1 fully saturated rings. The van der Waals surface area contributed by atoms with Gasteiger partial charge in [0.2, 0.25) is 0 Å². The molecular formula is C16H24O3S. The van der Waals surface area contributed by atoms with Gasteiger partial charge in [-0.1, -0.05) is 31.0 Å². The molecule has 0 aliphatic heterocycles. The fourth-order valence-corrected chi connectivity index (χ4v) is 3.79. The molecule has 1 aromatic rings. The summed E-state index contributed by atoms with van der Waals surface area (Å²) in [5.41, 5.74) is 0.883. The van der Waals surface area contributed by atoms with Gasteiger partial charge in [-0.3, -0.25) is 0 Å². The molecule has 4 heteroatoms. The Labute approximate surface area is 125 Å². The third kappa shape index (κ3) is 4.69. The van der Waals surface area contributed by atoms with E-state index in [-0.39, 0.29) is 0 Å². The molecule has 1 saturated carbocycles. The number of hydrogen-bond donors (Lipinski definition) is 1. The molecule has 0 saturated heterocycles. The van der Waals surface area contributed by atoms with E-state index in [9.17, 15) is 5.11 Å². The van der Waals surface area contributed by atoms with Crippen molar-refractivity contribution in [2.45, 2.75) is 37.0 Å². The Morgan fingerprint density at radius 1 is 1.25 bits per heavy atom. The minimum absolute atomic E-state index is 0.459. The topological polar surface area (TPSA) is 38.7 Å². The van der Waals surface area contributed by atoms with E-state index in [2.05, 4.69) is 0 Å². The molecule has 0 radical (unpaired) electrons. The third-order valence-electron chi connectivity index (χ3n) is 3.62. The number of benzene rings is 1. The number of hydrogen-bond acceptors (Lipinski definition) is 4. The van der Waals surface area contributed by atoms with Crippen LogP contribution in [-0.4, -0.2) is 36.4 Å². The van der Waals surface area contributed by atoms with Crippen molar-refractivity contribution in [3.8, 4) is 5.75 Å². The molecule has 0 bridgehead atoms. The van der Waals surface area contributed by atoms with Crippen LogP contribution in [0, 0.1) is 0 Å². The molecule has 1 unspecified atom stereocenters. The van der Waals surface area contributed by atoms with Gasteiger partial charge in [-0.25, -0.2) is 0 Å². The number of para-hydroxylation sites is 1. The maximum Gasteiger partial charge on any atom is 0.125 e. The largest absolute Gasteiger partial charge is 0.491 e. The lowest BCUT2D eigenvalue weighted by Crippen LogP contribution is -2.10. The van der Waals surface area contributed by atoms with Crippen LogP contribution in [0.5, 0.6) is 5.75 Å². The van der Waals surface area contributed by atoms with Crippen LogP contribution in [0.15, 0.2) is 24.3 Å². The van der Waals surface area contributed by atoms with Gasteiger partial charge in [0.1, 0.15) is 12.4 Å². The van der Waals surface area contributed by atoms with Crippen molar-refractivity contribution in [2.75, 3.05) is 26.1 Å². The standard InChI is InChI=1S/C16H24O3S/c1-18-10-11-19-16-9-5-4-8-14(16)15(17)12-20-13-6-2-3-7-13/h4-5,8-9,13,15,17H,2-3,6-7,10-12H2,1H3. The van der Waals surface area contributed by atoms with Crippen LogP contribution in [0.25, 0.3) is 0 Å². The number of ether oxygens (including phenoxy) is 2. The Morgan fingerprint density at radius 2 is 2.00 bits per heavy atom. The van der Waals surface area contributed by atoms with Gasteiger partial charge >= 0.3 is 0 Å². The van der Waals surface area contributed by atoms with Crippen LogP contribution in [0.4, 0.5) is 0 Å². The van der Waals surface area contributed by atoms with E-state index < -0.39 is 6.10 Å². The molecule has 0 amide bonds. The predicted octanol–water partition coefficient (Wildman–Crippen LogP) is 3.42. The summed E-state index contributed by atoms with van der Waals surface area (Å²) >= 11 is 1.89. The molecule has 20 heavy (non-hydrogen) atoms. The number of methoxy groups -OCH3 is 1. The van der Waals surface area contributed by atoms with E-state index in [1.807, 2.05) is 36.0 Å². The van der Waals surface area contributed by atoms with Crippen LogP contribution in [0.1, 0.15) is 37.4 Å². The zero-order valence-corrected chi connectivity index (χ0v) is 12.9. The van der Waals surface area contributed by atoms with Gasteiger partial charge in [-0.15, -0.1) is 0 Å². The quantitative estimate of drug-likeness (QED) is 0.746.